The number of anilines is 1. The standard InChI is InChI=1S/C8H9N3O2/c1-6(8(12)13)10-11-7-2-4-9-5-3-7/h2-5H,1H3,(H,9,11)(H,12,13)/b10-6-. The van der Waals surface area contributed by atoms with Crippen LogP contribution in [0.4, 0.5) is 5.69 Å². The van der Waals surface area contributed by atoms with Gasteiger partial charge < -0.3 is 5.11 Å². The number of rotatable bonds is 3. The minimum absolute atomic E-state index is 0.0109. The smallest absolute Gasteiger partial charge is 0.351 e. The number of aliphatic carboxylic acids is 1. The molecule has 0 atom stereocenters. The molecule has 1 aromatic rings. The van der Waals surface area contributed by atoms with Gasteiger partial charge in [-0.1, -0.05) is 0 Å². The molecule has 0 spiro atoms. The lowest BCUT2D eigenvalue weighted by atomic mass is 10.4. The zero-order valence-electron chi connectivity index (χ0n) is 7.06. The Bertz CT molecular complexity index is 321. The summed E-state index contributed by atoms with van der Waals surface area (Å²) in [5, 5.41) is 12.1. The van der Waals surface area contributed by atoms with Crippen LogP contribution in [-0.4, -0.2) is 21.8 Å². The molecule has 1 heterocycles. The third-order valence-electron chi connectivity index (χ3n) is 1.34. The van der Waals surface area contributed by atoms with Gasteiger partial charge in [0.25, 0.3) is 0 Å². The van der Waals surface area contributed by atoms with E-state index in [0.717, 1.165) is 0 Å². The minimum atomic E-state index is -1.04. The molecule has 1 aromatic heterocycles. The van der Waals surface area contributed by atoms with Crippen LogP contribution < -0.4 is 5.43 Å². The number of nitrogens with one attached hydrogen (secondary N) is 1. The lowest BCUT2D eigenvalue weighted by Gasteiger charge is -1.98. The van der Waals surface area contributed by atoms with Gasteiger partial charge in [0.05, 0.1) is 5.69 Å². The van der Waals surface area contributed by atoms with Crippen molar-refractivity contribution in [2.45, 2.75) is 6.92 Å². The molecule has 0 saturated carbocycles. The third kappa shape index (κ3) is 2.90. The number of hydrogen-bond donors (Lipinski definition) is 2. The number of hydrogen-bond acceptors (Lipinski definition) is 4. The second kappa shape index (κ2) is 4.20. The van der Waals surface area contributed by atoms with E-state index < -0.39 is 5.97 Å². The average molecular weight is 179 g/mol. The highest BCUT2D eigenvalue weighted by Crippen LogP contribution is 2.02. The number of carbonyl (C=O) groups is 1. The SMILES string of the molecule is C/C(=N/Nc1ccncc1)C(=O)O. The quantitative estimate of drug-likeness (QED) is 0.535. The predicted octanol–water partition coefficient (Wildman–Crippen LogP) is 0.954. The fourth-order valence-electron chi connectivity index (χ4n) is 0.623. The summed E-state index contributed by atoms with van der Waals surface area (Å²) >= 11 is 0. The number of carboxylic acids is 1. The van der Waals surface area contributed by atoms with Crippen LogP contribution in [-0.2, 0) is 4.79 Å². The summed E-state index contributed by atoms with van der Waals surface area (Å²) in [6.07, 6.45) is 3.18. The van der Waals surface area contributed by atoms with E-state index in [0.29, 0.717) is 5.69 Å². The number of pyridine rings is 1. The molecule has 1 rings (SSSR count). The summed E-state index contributed by atoms with van der Waals surface area (Å²) in [6.45, 7) is 1.41. The predicted molar refractivity (Wildman–Crippen MR) is 48.6 cm³/mol. The van der Waals surface area contributed by atoms with Gasteiger partial charge in [0.2, 0.25) is 0 Å². The molecule has 0 fully saturated rings. The van der Waals surface area contributed by atoms with Crippen LogP contribution in [0.15, 0.2) is 29.6 Å². The number of hydrazone groups is 1. The van der Waals surface area contributed by atoms with Crippen LogP contribution in [0.2, 0.25) is 0 Å². The molecule has 0 aromatic carbocycles. The third-order valence-corrected chi connectivity index (χ3v) is 1.34. The van der Waals surface area contributed by atoms with E-state index in [2.05, 4.69) is 15.5 Å². The molecule has 0 aliphatic rings. The highest BCUT2D eigenvalue weighted by molar-refractivity contribution is 6.34. The minimum Gasteiger partial charge on any atom is -0.477 e. The van der Waals surface area contributed by atoms with E-state index >= 15 is 0 Å². The van der Waals surface area contributed by atoms with E-state index in [1.54, 1.807) is 24.5 Å². The molecule has 2 N–H and O–H groups in total. The lowest BCUT2D eigenvalue weighted by molar-refractivity contribution is -0.129. The molecule has 0 amide bonds. The van der Waals surface area contributed by atoms with E-state index in [1.165, 1.54) is 6.92 Å². The van der Waals surface area contributed by atoms with Crippen molar-refractivity contribution in [2.75, 3.05) is 5.43 Å². The zero-order chi connectivity index (χ0) is 9.68. The average Bonchev–Trinajstić information content (AvgIpc) is 2.15. The molecule has 0 bridgehead atoms. The number of nitrogens with zero attached hydrogens (tertiary/aromatic N) is 2. The van der Waals surface area contributed by atoms with Gasteiger partial charge in [-0.3, -0.25) is 10.4 Å². The molecular weight excluding hydrogens is 170 g/mol. The second-order valence-electron chi connectivity index (χ2n) is 2.35. The maximum Gasteiger partial charge on any atom is 0.351 e. The Hall–Kier alpha value is -1.91. The molecule has 13 heavy (non-hydrogen) atoms. The van der Waals surface area contributed by atoms with Gasteiger partial charge in [-0.05, 0) is 19.1 Å². The van der Waals surface area contributed by atoms with Crippen molar-refractivity contribution >= 4 is 17.4 Å². The summed E-state index contributed by atoms with van der Waals surface area (Å²) in [6, 6.07) is 3.39. The van der Waals surface area contributed by atoms with E-state index in [4.69, 9.17) is 5.11 Å². The van der Waals surface area contributed by atoms with Crippen molar-refractivity contribution in [3.8, 4) is 0 Å². The highest BCUT2D eigenvalue weighted by atomic mass is 16.4. The van der Waals surface area contributed by atoms with Gasteiger partial charge >= 0.3 is 5.97 Å². The summed E-state index contributed by atoms with van der Waals surface area (Å²) in [5.41, 5.74) is 3.31. The number of aromatic nitrogens is 1. The monoisotopic (exact) mass is 179 g/mol. The topological polar surface area (TPSA) is 74.6 Å². The summed E-state index contributed by atoms with van der Waals surface area (Å²) in [5.74, 6) is -1.04. The fourth-order valence-corrected chi connectivity index (χ4v) is 0.623. The van der Waals surface area contributed by atoms with Crippen molar-refractivity contribution < 1.29 is 9.90 Å². The van der Waals surface area contributed by atoms with E-state index in [1.807, 2.05) is 0 Å². The number of carboxylic acid groups (broad SMARTS) is 1. The van der Waals surface area contributed by atoms with Crippen LogP contribution in [0.3, 0.4) is 0 Å². The maximum absolute atomic E-state index is 10.3. The Balaban J connectivity index is 2.62. The van der Waals surface area contributed by atoms with Gasteiger partial charge in [0, 0.05) is 12.4 Å². The Morgan fingerprint density at radius 3 is 2.69 bits per heavy atom. The first-order valence-corrected chi connectivity index (χ1v) is 3.64. The maximum atomic E-state index is 10.3. The van der Waals surface area contributed by atoms with Gasteiger partial charge in [0.1, 0.15) is 5.71 Å². The largest absolute Gasteiger partial charge is 0.477 e. The molecule has 5 heteroatoms. The fraction of sp³-hybridized carbons (Fsp3) is 0.125. The van der Waals surface area contributed by atoms with Crippen molar-refractivity contribution in [1.82, 2.24) is 4.98 Å². The van der Waals surface area contributed by atoms with Crippen molar-refractivity contribution in [3.05, 3.63) is 24.5 Å². The first-order valence-electron chi connectivity index (χ1n) is 3.64. The van der Waals surface area contributed by atoms with E-state index in [9.17, 15) is 4.79 Å². The highest BCUT2D eigenvalue weighted by Gasteiger charge is 1.99. The van der Waals surface area contributed by atoms with Crippen molar-refractivity contribution in [3.63, 3.8) is 0 Å². The molecule has 0 aliphatic carbocycles. The van der Waals surface area contributed by atoms with E-state index in [-0.39, 0.29) is 5.71 Å². The van der Waals surface area contributed by atoms with Crippen molar-refractivity contribution in [1.29, 1.82) is 0 Å². The molecule has 0 saturated heterocycles. The molecule has 0 radical (unpaired) electrons. The van der Waals surface area contributed by atoms with Crippen LogP contribution in [0.1, 0.15) is 6.92 Å². The molecule has 0 unspecified atom stereocenters. The molecule has 68 valence electrons. The molecular formula is C8H9N3O2. The summed E-state index contributed by atoms with van der Waals surface area (Å²) in [7, 11) is 0. The Kier molecular flexibility index (Phi) is 2.97. The molecule has 5 nitrogen and oxygen atoms in total. The first kappa shape index (κ1) is 9.18. The van der Waals surface area contributed by atoms with Crippen LogP contribution in [0.5, 0.6) is 0 Å². The molecule has 0 aliphatic heterocycles. The van der Waals surface area contributed by atoms with Crippen LogP contribution in [0, 0.1) is 0 Å². The Morgan fingerprint density at radius 1 is 1.54 bits per heavy atom. The van der Waals surface area contributed by atoms with Gasteiger partial charge in [0.15, 0.2) is 0 Å². The van der Waals surface area contributed by atoms with Gasteiger partial charge in [-0.25, -0.2) is 4.79 Å². The van der Waals surface area contributed by atoms with Crippen LogP contribution in [0.25, 0.3) is 0 Å². The zero-order valence-corrected chi connectivity index (χ0v) is 7.06. The Morgan fingerprint density at radius 2 is 2.15 bits per heavy atom. The van der Waals surface area contributed by atoms with Gasteiger partial charge in [-0.15, -0.1) is 0 Å². The second-order valence-corrected chi connectivity index (χ2v) is 2.35. The van der Waals surface area contributed by atoms with Crippen molar-refractivity contribution in [2.24, 2.45) is 5.10 Å². The van der Waals surface area contributed by atoms with Crippen LogP contribution >= 0.6 is 0 Å². The first-order chi connectivity index (χ1) is 6.20. The Labute approximate surface area is 75.1 Å². The summed E-state index contributed by atoms with van der Waals surface area (Å²) < 4.78 is 0. The lowest BCUT2D eigenvalue weighted by Crippen LogP contribution is -2.10. The summed E-state index contributed by atoms with van der Waals surface area (Å²) in [4.78, 5) is 14.1. The van der Waals surface area contributed by atoms with Gasteiger partial charge in [-0.2, -0.15) is 5.10 Å². The normalized spacial score (nSPS) is 11.0.